The van der Waals surface area contributed by atoms with Crippen LogP contribution in [0.1, 0.15) is 81.0 Å². The molecule has 0 aliphatic carbocycles. The molecule has 17 heteroatoms. The zero-order valence-corrected chi connectivity index (χ0v) is 57.4. The highest BCUT2D eigenvalue weighted by Gasteiger charge is 2.57. The van der Waals surface area contributed by atoms with Gasteiger partial charge in [0.2, 0.25) is 0 Å². The molecule has 3 aliphatic heterocycles. The van der Waals surface area contributed by atoms with Gasteiger partial charge >= 0.3 is 17.9 Å². The molecule has 2 fully saturated rings. The Balaban J connectivity index is 0.986. The Labute approximate surface area is 585 Å². The van der Waals surface area contributed by atoms with E-state index in [9.17, 15) is 9.59 Å². The van der Waals surface area contributed by atoms with Crippen molar-refractivity contribution >= 4 is 36.6 Å². The molecule has 0 N–H and O–H groups in total. The zero-order valence-electron chi connectivity index (χ0n) is 56.4. The van der Waals surface area contributed by atoms with E-state index in [0.717, 1.165) is 32.6 Å². The summed E-state index contributed by atoms with van der Waals surface area (Å²) in [7, 11) is -3.37. The number of hydrogen-bond donors (Lipinski definition) is 0. The van der Waals surface area contributed by atoms with E-state index in [1.54, 1.807) is 103 Å². The summed E-state index contributed by atoms with van der Waals surface area (Å²) in [5.41, 5.74) is 4.12. The van der Waals surface area contributed by atoms with Gasteiger partial charge in [0, 0.05) is 0 Å². The van der Waals surface area contributed by atoms with Crippen molar-refractivity contribution in [2.24, 2.45) is 0 Å². The molecule has 0 saturated carbocycles. The number of carbonyl (C=O) groups excluding carboxylic acids is 3. The van der Waals surface area contributed by atoms with Crippen molar-refractivity contribution in [3.05, 3.63) is 324 Å². The zero-order chi connectivity index (χ0) is 69.1. The van der Waals surface area contributed by atoms with E-state index < -0.39 is 111 Å². The molecule has 0 aromatic heterocycles. The van der Waals surface area contributed by atoms with Crippen LogP contribution >= 0.6 is 0 Å². The second-order valence-corrected chi connectivity index (χ2v) is 30.2. The lowest BCUT2D eigenvalue weighted by atomic mass is 9.96. The number of hydrogen-bond acceptors (Lipinski definition) is 16. The monoisotopic (exact) mass is 1360 g/mol. The minimum absolute atomic E-state index is 0.104. The van der Waals surface area contributed by atoms with Gasteiger partial charge in [0.15, 0.2) is 30.9 Å². The Bertz CT molecular complexity index is 3950. The van der Waals surface area contributed by atoms with Crippen LogP contribution in [-0.2, 0) is 87.7 Å². The van der Waals surface area contributed by atoms with E-state index in [0.29, 0.717) is 0 Å². The maximum atomic E-state index is 15.0. The van der Waals surface area contributed by atoms with Crippen LogP contribution in [0.4, 0.5) is 0 Å². The van der Waals surface area contributed by atoms with Crippen molar-refractivity contribution in [2.75, 3.05) is 13.2 Å². The normalized spacial score (nSPS) is 23.7. The summed E-state index contributed by atoms with van der Waals surface area (Å²) in [6, 6.07) is 84.7. The molecule has 9 aromatic carbocycles. The third kappa shape index (κ3) is 17.7. The minimum atomic E-state index is -3.37. The summed E-state index contributed by atoms with van der Waals surface area (Å²) in [6.07, 6.45) is -12.4. The highest BCUT2D eigenvalue weighted by atomic mass is 28.4. The first-order chi connectivity index (χ1) is 48.9. The average molecular weight is 1370 g/mol. The highest BCUT2D eigenvalue weighted by Crippen LogP contribution is 2.40. The molecule has 0 spiro atoms. The molecule has 9 aromatic rings. The van der Waals surface area contributed by atoms with Gasteiger partial charge in [0.1, 0.15) is 42.7 Å². The standard InChI is InChI=1S/C83H84O16Si/c1-58-71(89-53-60-34-16-6-17-35-60)74(90-54-61-36-18-7-19-37-61)76(91-55-62-38-20-8-21-39-62)81(93-58)94-68-50-51-88-69(57-92-100(83(2,3)4,66-46-28-12-29-47-66)67-48-30-13-31-49-67)72(68)99-82-77(98-80(86)65-44-26-11-27-45-65)75(97-79(85)64-42-24-10-25-43-64)73(96-78(84)63-40-22-9-23-41-63)70(95-82)56-87-52-59-32-14-5-15-33-59/h5-51,58,68-77,81-82H,52-57H2,1-4H3/t58-,68+,69+,70+,71+,72-,73-,74+,75-,76-,77+,81-,82-/m0/s1. The van der Waals surface area contributed by atoms with Crippen molar-refractivity contribution in [2.45, 2.75) is 139 Å². The number of rotatable bonds is 28. The molecule has 0 amide bonds. The fourth-order valence-electron chi connectivity index (χ4n) is 13.0. The van der Waals surface area contributed by atoms with E-state index in [-0.39, 0.29) is 56.3 Å². The second kappa shape index (κ2) is 34.2. The number of carbonyl (C=O) groups is 3. The van der Waals surface area contributed by atoms with Crippen LogP contribution in [0.3, 0.4) is 0 Å². The van der Waals surface area contributed by atoms with Gasteiger partial charge in [-0.25, -0.2) is 14.4 Å². The molecule has 12 rings (SSSR count). The van der Waals surface area contributed by atoms with Gasteiger partial charge in [-0.3, -0.25) is 0 Å². The highest BCUT2D eigenvalue weighted by molar-refractivity contribution is 6.99. The van der Waals surface area contributed by atoms with Crippen molar-refractivity contribution in [1.29, 1.82) is 0 Å². The molecule has 3 heterocycles. The molecule has 0 bridgehead atoms. The van der Waals surface area contributed by atoms with Crippen molar-refractivity contribution in [1.82, 2.24) is 0 Å². The van der Waals surface area contributed by atoms with Crippen molar-refractivity contribution < 1.29 is 75.7 Å². The summed E-state index contributed by atoms with van der Waals surface area (Å²) in [5, 5.41) is 1.54. The predicted molar refractivity (Wildman–Crippen MR) is 378 cm³/mol. The van der Waals surface area contributed by atoms with Gasteiger partial charge in [-0.05, 0) is 87.1 Å². The number of benzene rings is 9. The van der Waals surface area contributed by atoms with E-state index >= 15 is 4.79 Å². The molecular weight excluding hydrogens is 1280 g/mol. The smallest absolute Gasteiger partial charge is 0.338 e. The summed E-state index contributed by atoms with van der Waals surface area (Å²) in [6.45, 7) is 8.80. The molecule has 13 atom stereocenters. The quantitative estimate of drug-likeness (QED) is 0.0257. The van der Waals surface area contributed by atoms with Crippen LogP contribution in [0, 0.1) is 0 Å². The first-order valence-electron chi connectivity index (χ1n) is 33.9. The average Bonchev–Trinajstić information content (AvgIpc) is 0.751. The minimum Gasteiger partial charge on any atom is -0.493 e. The molecule has 3 aliphatic rings. The SMILES string of the molecule is C[C@@H]1O[C@@H](O[C@@H]2C=CO[C@H](CO[Si](c3ccccc3)(c3ccccc3)C(C)(C)C)[C@H]2O[C@@H]2O[C@H](COCc3ccccc3)[C@H](OC(=O)c3ccccc3)[C@H](OC(=O)c3ccccc3)[C@H]2OC(=O)c2ccccc2)[C@@H](OCc2ccccc2)[C@H](OCc2ccccc2)[C@@H]1OCc1ccccc1. The predicted octanol–water partition coefficient (Wildman–Crippen LogP) is 13.4. The van der Waals surface area contributed by atoms with E-state index in [4.69, 9.17) is 61.3 Å². The van der Waals surface area contributed by atoms with Crippen LogP contribution < -0.4 is 10.4 Å². The van der Waals surface area contributed by atoms with Gasteiger partial charge in [0.25, 0.3) is 8.32 Å². The van der Waals surface area contributed by atoms with Crippen LogP contribution in [0.5, 0.6) is 0 Å². The van der Waals surface area contributed by atoms with Gasteiger partial charge in [-0.1, -0.05) is 257 Å². The molecule has 100 heavy (non-hydrogen) atoms. The largest absolute Gasteiger partial charge is 0.493 e. The van der Waals surface area contributed by atoms with Crippen LogP contribution in [0.15, 0.2) is 285 Å². The van der Waals surface area contributed by atoms with E-state index in [2.05, 4.69) is 45.0 Å². The summed E-state index contributed by atoms with van der Waals surface area (Å²) < 4.78 is 91.3. The number of esters is 3. The Morgan fingerprint density at radius 3 is 1.21 bits per heavy atom. The lowest BCUT2D eigenvalue weighted by Crippen LogP contribution is -2.68. The first-order valence-corrected chi connectivity index (χ1v) is 35.8. The van der Waals surface area contributed by atoms with Gasteiger partial charge in [-0.15, -0.1) is 0 Å². The Morgan fingerprint density at radius 1 is 0.380 bits per heavy atom. The molecule has 16 nitrogen and oxygen atoms in total. The van der Waals surface area contributed by atoms with Gasteiger partial charge in [-0.2, -0.15) is 0 Å². The Morgan fingerprint density at radius 2 is 0.760 bits per heavy atom. The van der Waals surface area contributed by atoms with Crippen LogP contribution in [-0.4, -0.2) is 119 Å². The fraction of sp³-hybridized carbons (Fsp3) is 0.289. The molecular formula is C83H84O16Si. The maximum Gasteiger partial charge on any atom is 0.338 e. The number of ether oxygens (including phenoxy) is 12. The van der Waals surface area contributed by atoms with Crippen LogP contribution in [0.2, 0.25) is 5.04 Å². The topological polar surface area (TPSA) is 171 Å². The van der Waals surface area contributed by atoms with Gasteiger partial charge in [0.05, 0.1) is 68.7 Å². The molecule has 0 radical (unpaired) electrons. The van der Waals surface area contributed by atoms with E-state index in [1.165, 1.54) is 0 Å². The van der Waals surface area contributed by atoms with Crippen molar-refractivity contribution in [3.8, 4) is 0 Å². The molecule has 2 saturated heterocycles. The van der Waals surface area contributed by atoms with Gasteiger partial charge < -0.3 is 61.3 Å². The third-order valence-electron chi connectivity index (χ3n) is 18.0. The van der Waals surface area contributed by atoms with Crippen LogP contribution in [0.25, 0.3) is 0 Å². The van der Waals surface area contributed by atoms with E-state index in [1.807, 2.05) is 165 Å². The lowest BCUT2D eigenvalue weighted by molar-refractivity contribution is -0.350. The first kappa shape index (κ1) is 70.6. The summed E-state index contributed by atoms with van der Waals surface area (Å²) in [4.78, 5) is 44.6. The third-order valence-corrected chi connectivity index (χ3v) is 23.0. The lowest BCUT2D eigenvalue weighted by Gasteiger charge is -2.49. The Hall–Kier alpha value is -9.21. The van der Waals surface area contributed by atoms with Crippen molar-refractivity contribution in [3.63, 3.8) is 0 Å². The summed E-state index contributed by atoms with van der Waals surface area (Å²) in [5.74, 6) is -2.43. The fourth-order valence-corrected chi connectivity index (χ4v) is 17.6. The molecule has 0 unspecified atom stereocenters. The molecule has 516 valence electrons. The second-order valence-electron chi connectivity index (χ2n) is 25.9. The summed E-state index contributed by atoms with van der Waals surface area (Å²) >= 11 is 0. The maximum absolute atomic E-state index is 15.0. The Kier molecular flexibility index (Phi) is 24.2.